The number of amides is 1. The third-order valence-corrected chi connectivity index (χ3v) is 4.37. The Hall–Kier alpha value is -1.92. The first-order valence-corrected chi connectivity index (χ1v) is 8.08. The van der Waals surface area contributed by atoms with Crippen LogP contribution >= 0.6 is 0 Å². The minimum atomic E-state index is 0.111. The van der Waals surface area contributed by atoms with E-state index in [1.165, 1.54) is 0 Å². The number of ether oxygens (including phenoxy) is 1. The van der Waals surface area contributed by atoms with Gasteiger partial charge < -0.3 is 15.0 Å². The zero-order chi connectivity index (χ0) is 15.4. The molecule has 1 aliphatic heterocycles. The van der Waals surface area contributed by atoms with Gasteiger partial charge in [0.05, 0.1) is 13.7 Å². The van der Waals surface area contributed by atoms with Crippen LogP contribution in [0.3, 0.4) is 0 Å². The summed E-state index contributed by atoms with van der Waals surface area (Å²) in [6, 6.07) is 0.307. The lowest BCUT2D eigenvalue weighted by Gasteiger charge is -2.16. The van der Waals surface area contributed by atoms with Gasteiger partial charge in [-0.3, -0.25) is 4.79 Å². The lowest BCUT2D eigenvalue weighted by Crippen LogP contribution is -2.30. The molecule has 2 heterocycles. The van der Waals surface area contributed by atoms with Crippen molar-refractivity contribution in [2.75, 3.05) is 25.1 Å². The third-order valence-electron chi connectivity index (χ3n) is 4.37. The largest absolute Gasteiger partial charge is 0.467 e. The van der Waals surface area contributed by atoms with Crippen molar-refractivity contribution in [2.45, 2.75) is 45.1 Å². The average molecular weight is 305 g/mol. The van der Waals surface area contributed by atoms with Gasteiger partial charge in [-0.15, -0.1) is 0 Å². The lowest BCUT2D eigenvalue weighted by molar-refractivity contribution is -0.125. The first kappa shape index (κ1) is 15.0. The first-order chi connectivity index (χ1) is 10.8. The number of methoxy groups -OCH3 is 1. The molecule has 0 spiro atoms. The molecule has 0 aromatic carbocycles. The summed E-state index contributed by atoms with van der Waals surface area (Å²) >= 11 is 0. The number of nitrogens with zero attached hydrogens (tertiary/aromatic N) is 4. The maximum Gasteiger partial charge on any atom is 0.321 e. The first-order valence-electron chi connectivity index (χ1n) is 8.08. The number of carbonyl (C=O) groups excluding carboxylic acids is 1. The van der Waals surface area contributed by atoms with Gasteiger partial charge in [-0.05, 0) is 25.7 Å². The molecule has 1 aromatic rings. The van der Waals surface area contributed by atoms with Crippen molar-refractivity contribution in [1.82, 2.24) is 20.3 Å². The van der Waals surface area contributed by atoms with Crippen molar-refractivity contribution in [1.29, 1.82) is 0 Å². The summed E-state index contributed by atoms with van der Waals surface area (Å²) < 4.78 is 5.16. The number of carbonyl (C=O) groups is 1. The molecule has 0 radical (unpaired) electrons. The Morgan fingerprint density at radius 2 is 1.91 bits per heavy atom. The molecule has 1 saturated carbocycles. The summed E-state index contributed by atoms with van der Waals surface area (Å²) in [5.74, 6) is 1.47. The molecule has 0 unspecified atom stereocenters. The molecule has 3 rings (SSSR count). The minimum Gasteiger partial charge on any atom is -0.467 e. The van der Waals surface area contributed by atoms with Crippen LogP contribution in [0.1, 0.15) is 44.3 Å². The van der Waals surface area contributed by atoms with Crippen LogP contribution in [0.15, 0.2) is 0 Å². The maximum absolute atomic E-state index is 12.1. The minimum absolute atomic E-state index is 0.111. The Balaban J connectivity index is 1.66. The molecule has 1 aromatic heterocycles. The van der Waals surface area contributed by atoms with Crippen LogP contribution in [-0.2, 0) is 11.3 Å². The zero-order valence-electron chi connectivity index (χ0n) is 13.0. The van der Waals surface area contributed by atoms with Crippen molar-refractivity contribution in [3.8, 4) is 6.01 Å². The Bertz CT molecular complexity index is 525. The van der Waals surface area contributed by atoms with Crippen molar-refractivity contribution in [2.24, 2.45) is 5.92 Å². The summed E-state index contributed by atoms with van der Waals surface area (Å²) in [4.78, 5) is 27.2. The molecular weight excluding hydrogens is 282 g/mol. The van der Waals surface area contributed by atoms with Crippen molar-refractivity contribution < 1.29 is 9.53 Å². The summed E-state index contributed by atoms with van der Waals surface area (Å²) in [7, 11) is 1.55. The van der Waals surface area contributed by atoms with Gasteiger partial charge in [0, 0.05) is 19.0 Å². The van der Waals surface area contributed by atoms with Crippen molar-refractivity contribution in [3.05, 3.63) is 5.82 Å². The quantitative estimate of drug-likeness (QED) is 0.883. The standard InChI is InChI=1S/C15H23N5O2/c1-22-15-18-12(10-16-13(21)11-6-2-3-7-11)17-14(19-15)20-8-4-5-9-20/h11H,2-10H2,1H3,(H,16,21). The lowest BCUT2D eigenvalue weighted by atomic mass is 10.1. The summed E-state index contributed by atoms with van der Waals surface area (Å²) in [5.41, 5.74) is 0. The van der Waals surface area contributed by atoms with E-state index in [1.54, 1.807) is 7.11 Å². The molecule has 120 valence electrons. The molecule has 2 aliphatic rings. The highest BCUT2D eigenvalue weighted by Gasteiger charge is 2.23. The van der Waals surface area contributed by atoms with Crippen LogP contribution < -0.4 is 15.0 Å². The van der Waals surface area contributed by atoms with E-state index in [9.17, 15) is 4.79 Å². The van der Waals surface area contributed by atoms with Gasteiger partial charge in [0.25, 0.3) is 0 Å². The highest BCUT2D eigenvalue weighted by atomic mass is 16.5. The molecule has 0 bridgehead atoms. The van der Waals surface area contributed by atoms with E-state index < -0.39 is 0 Å². The van der Waals surface area contributed by atoms with Gasteiger partial charge in [-0.2, -0.15) is 15.0 Å². The number of rotatable bonds is 5. The second-order valence-electron chi connectivity index (χ2n) is 5.93. The Kier molecular flexibility index (Phi) is 4.70. The van der Waals surface area contributed by atoms with E-state index in [1.807, 2.05) is 0 Å². The molecule has 7 heteroatoms. The van der Waals surface area contributed by atoms with E-state index >= 15 is 0 Å². The Labute approximate surface area is 130 Å². The van der Waals surface area contributed by atoms with E-state index in [0.29, 0.717) is 24.3 Å². The molecule has 1 amide bonds. The highest BCUT2D eigenvalue weighted by molar-refractivity contribution is 5.78. The van der Waals surface area contributed by atoms with E-state index in [-0.39, 0.29) is 11.8 Å². The SMILES string of the molecule is COc1nc(CNC(=O)C2CCCC2)nc(N2CCCC2)n1. The molecule has 1 saturated heterocycles. The fourth-order valence-corrected chi connectivity index (χ4v) is 3.11. The molecule has 7 nitrogen and oxygen atoms in total. The van der Waals surface area contributed by atoms with Crippen molar-refractivity contribution in [3.63, 3.8) is 0 Å². The number of aromatic nitrogens is 3. The topological polar surface area (TPSA) is 80.2 Å². The number of hydrogen-bond acceptors (Lipinski definition) is 6. The smallest absolute Gasteiger partial charge is 0.321 e. The van der Waals surface area contributed by atoms with Crippen LogP contribution in [0.2, 0.25) is 0 Å². The summed E-state index contributed by atoms with van der Waals surface area (Å²) in [6.07, 6.45) is 6.59. The molecule has 22 heavy (non-hydrogen) atoms. The molecule has 1 N–H and O–H groups in total. The summed E-state index contributed by atoms with van der Waals surface area (Å²) in [6.45, 7) is 2.25. The van der Waals surface area contributed by atoms with Gasteiger partial charge in [-0.1, -0.05) is 12.8 Å². The molecule has 0 atom stereocenters. The average Bonchev–Trinajstić information content (AvgIpc) is 3.24. The van der Waals surface area contributed by atoms with E-state index in [2.05, 4.69) is 25.2 Å². The predicted octanol–water partition coefficient (Wildman–Crippen LogP) is 1.29. The van der Waals surface area contributed by atoms with E-state index in [0.717, 1.165) is 51.6 Å². The number of anilines is 1. The fraction of sp³-hybridized carbons (Fsp3) is 0.733. The molecule has 1 aliphatic carbocycles. The molecular formula is C15H23N5O2. The van der Waals surface area contributed by atoms with Crippen LogP contribution in [0.4, 0.5) is 5.95 Å². The van der Waals surface area contributed by atoms with Gasteiger partial charge in [0.15, 0.2) is 5.82 Å². The molecule has 2 fully saturated rings. The predicted molar refractivity (Wildman–Crippen MR) is 81.6 cm³/mol. The van der Waals surface area contributed by atoms with Gasteiger partial charge in [-0.25, -0.2) is 0 Å². The highest BCUT2D eigenvalue weighted by Crippen LogP contribution is 2.24. The van der Waals surface area contributed by atoms with E-state index in [4.69, 9.17) is 4.74 Å². The fourth-order valence-electron chi connectivity index (χ4n) is 3.11. The second-order valence-corrected chi connectivity index (χ2v) is 5.93. The zero-order valence-corrected chi connectivity index (χ0v) is 13.0. The van der Waals surface area contributed by atoms with Crippen LogP contribution in [0.5, 0.6) is 6.01 Å². The number of nitrogens with one attached hydrogen (secondary N) is 1. The third kappa shape index (κ3) is 3.45. The van der Waals surface area contributed by atoms with Crippen LogP contribution in [0, 0.1) is 5.92 Å². The Morgan fingerprint density at radius 3 is 2.59 bits per heavy atom. The normalized spacial score (nSPS) is 18.7. The van der Waals surface area contributed by atoms with Crippen LogP contribution in [-0.4, -0.2) is 41.1 Å². The monoisotopic (exact) mass is 305 g/mol. The van der Waals surface area contributed by atoms with Gasteiger partial charge >= 0.3 is 6.01 Å². The second kappa shape index (κ2) is 6.89. The van der Waals surface area contributed by atoms with Gasteiger partial charge in [0.2, 0.25) is 11.9 Å². The van der Waals surface area contributed by atoms with Gasteiger partial charge in [0.1, 0.15) is 0 Å². The van der Waals surface area contributed by atoms with Crippen molar-refractivity contribution >= 4 is 11.9 Å². The summed E-state index contributed by atoms with van der Waals surface area (Å²) in [5, 5.41) is 2.94. The Morgan fingerprint density at radius 1 is 1.18 bits per heavy atom. The number of hydrogen-bond donors (Lipinski definition) is 1. The maximum atomic E-state index is 12.1. The van der Waals surface area contributed by atoms with Crippen LogP contribution in [0.25, 0.3) is 0 Å².